The van der Waals surface area contributed by atoms with E-state index in [0.717, 1.165) is 16.8 Å². The van der Waals surface area contributed by atoms with Gasteiger partial charge in [-0.15, -0.1) is 0 Å². The number of nitrogens with two attached hydrogens (primary N) is 1. The summed E-state index contributed by atoms with van der Waals surface area (Å²) in [4.78, 5) is 29.3. The summed E-state index contributed by atoms with van der Waals surface area (Å²) in [6, 6.07) is -0.0690. The number of rotatable bonds is 3. The van der Waals surface area contributed by atoms with Crippen LogP contribution in [-0.4, -0.2) is 24.7 Å². The van der Waals surface area contributed by atoms with E-state index in [1.54, 1.807) is 7.05 Å². The fraction of sp³-hybridized carbons (Fsp3) is 0.667. The van der Waals surface area contributed by atoms with E-state index in [-0.39, 0.29) is 22.7 Å². The minimum atomic E-state index is -0.373. The second kappa shape index (κ2) is 5.39. The van der Waals surface area contributed by atoms with Crippen LogP contribution in [0.4, 0.5) is 0 Å². The van der Waals surface area contributed by atoms with Crippen molar-refractivity contribution in [3.05, 3.63) is 26.7 Å². The standard InChI is InChI=1S/C15H25N5O2/c1-7-9(16)8-20-10-11(17-13(20)15(2,3)4)18(5)14(22)19(6)12(10)21/h9H,7-8,16H2,1-6H3. The summed E-state index contributed by atoms with van der Waals surface area (Å²) < 4.78 is 4.41. The average Bonchev–Trinajstić information content (AvgIpc) is 2.82. The predicted octanol–water partition coefficient (Wildman–Crippen LogP) is 0.469. The van der Waals surface area contributed by atoms with Gasteiger partial charge in [0.15, 0.2) is 11.2 Å². The van der Waals surface area contributed by atoms with Gasteiger partial charge in [-0.25, -0.2) is 9.78 Å². The molecule has 2 aromatic rings. The highest BCUT2D eigenvalue weighted by Crippen LogP contribution is 2.24. The smallest absolute Gasteiger partial charge is 0.326 e. The van der Waals surface area contributed by atoms with Crippen molar-refractivity contribution in [1.82, 2.24) is 18.7 Å². The summed E-state index contributed by atoms with van der Waals surface area (Å²) in [6.07, 6.45) is 0.801. The summed E-state index contributed by atoms with van der Waals surface area (Å²) >= 11 is 0. The van der Waals surface area contributed by atoms with Gasteiger partial charge in [0.25, 0.3) is 5.56 Å². The van der Waals surface area contributed by atoms with Crippen LogP contribution in [-0.2, 0) is 26.1 Å². The Bertz CT molecular complexity index is 820. The van der Waals surface area contributed by atoms with Crippen LogP contribution in [0, 0.1) is 0 Å². The van der Waals surface area contributed by atoms with Crippen LogP contribution in [0.2, 0.25) is 0 Å². The van der Waals surface area contributed by atoms with Crippen LogP contribution < -0.4 is 17.0 Å². The highest BCUT2D eigenvalue weighted by Gasteiger charge is 2.27. The van der Waals surface area contributed by atoms with E-state index in [1.165, 1.54) is 11.6 Å². The summed E-state index contributed by atoms with van der Waals surface area (Å²) in [6.45, 7) is 8.61. The van der Waals surface area contributed by atoms with Crippen LogP contribution >= 0.6 is 0 Å². The predicted molar refractivity (Wildman–Crippen MR) is 87.2 cm³/mol. The van der Waals surface area contributed by atoms with Gasteiger partial charge in [0.1, 0.15) is 5.82 Å². The molecule has 0 aromatic carbocycles. The maximum atomic E-state index is 12.6. The first-order chi connectivity index (χ1) is 10.1. The van der Waals surface area contributed by atoms with Gasteiger partial charge in [0.2, 0.25) is 0 Å². The molecule has 0 spiro atoms. The molecular weight excluding hydrogens is 282 g/mol. The minimum Gasteiger partial charge on any atom is -0.326 e. The van der Waals surface area contributed by atoms with Gasteiger partial charge in [-0.2, -0.15) is 0 Å². The number of fused-ring (bicyclic) bond motifs is 1. The number of nitrogens with zero attached hydrogens (tertiary/aromatic N) is 4. The number of aromatic nitrogens is 4. The first-order valence-corrected chi connectivity index (χ1v) is 7.51. The van der Waals surface area contributed by atoms with Crippen molar-refractivity contribution in [3.63, 3.8) is 0 Å². The lowest BCUT2D eigenvalue weighted by molar-refractivity contribution is 0.468. The molecule has 0 amide bonds. The molecule has 2 N–H and O–H groups in total. The van der Waals surface area contributed by atoms with E-state index < -0.39 is 0 Å². The van der Waals surface area contributed by atoms with Crippen molar-refractivity contribution < 1.29 is 0 Å². The maximum Gasteiger partial charge on any atom is 0.332 e. The second-order valence-electron chi connectivity index (χ2n) is 6.84. The van der Waals surface area contributed by atoms with Gasteiger partial charge >= 0.3 is 5.69 Å². The molecule has 22 heavy (non-hydrogen) atoms. The van der Waals surface area contributed by atoms with Crippen molar-refractivity contribution in [2.75, 3.05) is 0 Å². The Labute approximate surface area is 129 Å². The monoisotopic (exact) mass is 307 g/mol. The molecule has 0 fully saturated rings. The second-order valence-corrected chi connectivity index (χ2v) is 6.84. The zero-order valence-corrected chi connectivity index (χ0v) is 14.2. The van der Waals surface area contributed by atoms with Gasteiger partial charge < -0.3 is 10.3 Å². The molecule has 0 saturated carbocycles. The highest BCUT2D eigenvalue weighted by molar-refractivity contribution is 5.71. The third-order valence-corrected chi connectivity index (χ3v) is 3.96. The summed E-state index contributed by atoms with van der Waals surface area (Å²) in [7, 11) is 3.12. The first kappa shape index (κ1) is 16.5. The lowest BCUT2D eigenvalue weighted by atomic mass is 9.95. The van der Waals surface area contributed by atoms with E-state index in [9.17, 15) is 9.59 Å². The molecule has 122 valence electrons. The van der Waals surface area contributed by atoms with E-state index in [2.05, 4.69) is 4.98 Å². The normalized spacial score (nSPS) is 13.8. The Balaban J connectivity index is 2.95. The van der Waals surface area contributed by atoms with E-state index in [4.69, 9.17) is 5.73 Å². The van der Waals surface area contributed by atoms with Gasteiger partial charge in [-0.3, -0.25) is 13.9 Å². The largest absolute Gasteiger partial charge is 0.332 e. The lowest BCUT2D eigenvalue weighted by Crippen LogP contribution is -2.38. The molecule has 7 heteroatoms. The third kappa shape index (κ3) is 2.49. The molecular formula is C15H25N5O2. The van der Waals surface area contributed by atoms with Crippen molar-refractivity contribution in [2.24, 2.45) is 19.8 Å². The number of hydrogen-bond donors (Lipinski definition) is 1. The van der Waals surface area contributed by atoms with Crippen molar-refractivity contribution in [1.29, 1.82) is 0 Å². The van der Waals surface area contributed by atoms with Crippen molar-refractivity contribution in [2.45, 2.75) is 52.1 Å². The van der Waals surface area contributed by atoms with Crippen LogP contribution in [0.3, 0.4) is 0 Å². The third-order valence-electron chi connectivity index (χ3n) is 3.96. The molecule has 2 rings (SSSR count). The average molecular weight is 307 g/mol. The molecule has 0 aliphatic rings. The molecule has 2 aromatic heterocycles. The number of hydrogen-bond acceptors (Lipinski definition) is 4. The quantitative estimate of drug-likeness (QED) is 0.893. The number of imidazole rings is 1. The highest BCUT2D eigenvalue weighted by atomic mass is 16.2. The maximum absolute atomic E-state index is 12.6. The van der Waals surface area contributed by atoms with Crippen molar-refractivity contribution in [3.8, 4) is 0 Å². The van der Waals surface area contributed by atoms with Crippen LogP contribution in [0.15, 0.2) is 9.59 Å². The van der Waals surface area contributed by atoms with E-state index >= 15 is 0 Å². The molecule has 1 unspecified atom stereocenters. The van der Waals surface area contributed by atoms with Gasteiger partial charge in [0, 0.05) is 32.1 Å². The summed E-state index contributed by atoms with van der Waals surface area (Å²) in [5.74, 6) is 0.768. The van der Waals surface area contributed by atoms with Gasteiger partial charge in [0.05, 0.1) is 0 Å². The van der Waals surface area contributed by atoms with E-state index in [0.29, 0.717) is 17.7 Å². The van der Waals surface area contributed by atoms with Crippen molar-refractivity contribution >= 4 is 11.2 Å². The van der Waals surface area contributed by atoms with Gasteiger partial charge in [-0.05, 0) is 6.42 Å². The number of aryl methyl sites for hydroxylation is 1. The molecule has 0 aliphatic heterocycles. The van der Waals surface area contributed by atoms with Gasteiger partial charge in [-0.1, -0.05) is 27.7 Å². The molecule has 0 saturated heterocycles. The van der Waals surface area contributed by atoms with Crippen LogP contribution in [0.25, 0.3) is 11.2 Å². The Kier molecular flexibility index (Phi) is 4.04. The molecule has 2 heterocycles. The Morgan fingerprint density at radius 3 is 2.27 bits per heavy atom. The zero-order valence-electron chi connectivity index (χ0n) is 14.2. The lowest BCUT2D eigenvalue weighted by Gasteiger charge is -2.21. The summed E-state index contributed by atoms with van der Waals surface area (Å²) in [5.41, 5.74) is 6.00. The SMILES string of the molecule is CCC(N)Cn1c(C(C)(C)C)nc2c1c(=O)n(C)c(=O)n2C. The fourth-order valence-corrected chi connectivity index (χ4v) is 2.56. The van der Waals surface area contributed by atoms with Crippen LogP contribution in [0.5, 0.6) is 0 Å². The topological polar surface area (TPSA) is 87.8 Å². The Hall–Kier alpha value is -1.89. The molecule has 0 aliphatic carbocycles. The Morgan fingerprint density at radius 1 is 1.18 bits per heavy atom. The molecule has 7 nitrogen and oxygen atoms in total. The molecule has 0 bridgehead atoms. The van der Waals surface area contributed by atoms with E-state index in [1.807, 2.05) is 32.3 Å². The zero-order chi connectivity index (χ0) is 16.8. The molecule has 1 atom stereocenters. The first-order valence-electron chi connectivity index (χ1n) is 7.51. The minimum absolute atomic E-state index is 0.0690. The van der Waals surface area contributed by atoms with Crippen LogP contribution in [0.1, 0.15) is 39.9 Å². The molecule has 0 radical (unpaired) electrons. The fourth-order valence-electron chi connectivity index (χ4n) is 2.56. The Morgan fingerprint density at radius 2 is 1.77 bits per heavy atom. The summed E-state index contributed by atoms with van der Waals surface area (Å²) in [5, 5.41) is 0.